The first-order valence-corrected chi connectivity index (χ1v) is 6.76. The molecule has 0 unspecified atom stereocenters. The number of aryl methyl sites for hydroxylation is 1. The number of hydrogen-bond donors (Lipinski definition) is 1. The average molecular weight is 349 g/mol. The number of carbonyl (C=O) groups is 1. The topological polar surface area (TPSA) is 42.0 Å². The maximum absolute atomic E-state index is 12.5. The van der Waals surface area contributed by atoms with Crippen LogP contribution in [0.2, 0.25) is 10.0 Å². The fraction of sp³-hybridized carbons (Fsp3) is 0.143. The Labute approximate surface area is 134 Å². The van der Waals surface area contributed by atoms with Crippen molar-refractivity contribution in [2.45, 2.75) is 13.1 Å². The summed E-state index contributed by atoms with van der Waals surface area (Å²) >= 11 is 11.8. The molecular weight excluding hydrogens is 340 g/mol. The van der Waals surface area contributed by atoms with E-state index < -0.39 is 17.8 Å². The molecule has 22 heavy (non-hydrogen) atoms. The number of rotatable bonds is 2. The van der Waals surface area contributed by atoms with Crippen LogP contribution in [0.15, 0.2) is 30.3 Å². The van der Waals surface area contributed by atoms with Gasteiger partial charge in [-0.2, -0.15) is 13.2 Å². The molecule has 3 nitrogen and oxygen atoms in total. The first kappa shape index (κ1) is 16.6. The van der Waals surface area contributed by atoms with Gasteiger partial charge in [0.05, 0.1) is 27.0 Å². The molecule has 0 saturated heterocycles. The number of pyridine rings is 1. The van der Waals surface area contributed by atoms with Crippen LogP contribution in [0.3, 0.4) is 0 Å². The number of aromatic nitrogens is 1. The molecule has 0 aliphatic heterocycles. The molecule has 2 aromatic rings. The first-order chi connectivity index (χ1) is 10.2. The number of carbonyl (C=O) groups excluding carboxylic acids is 1. The highest BCUT2D eigenvalue weighted by Crippen LogP contribution is 2.31. The molecule has 2 rings (SSSR count). The highest BCUT2D eigenvalue weighted by Gasteiger charge is 2.33. The average Bonchev–Trinajstić information content (AvgIpc) is 2.42. The minimum absolute atomic E-state index is 0.0176. The molecular formula is C14H9Cl2F3N2O. The molecule has 0 bridgehead atoms. The van der Waals surface area contributed by atoms with Gasteiger partial charge in [0.15, 0.2) is 0 Å². The molecule has 0 fully saturated rings. The maximum Gasteiger partial charge on any atom is 0.433 e. The summed E-state index contributed by atoms with van der Waals surface area (Å²) in [6.45, 7) is 1.32. The Kier molecular flexibility index (Phi) is 4.63. The Hall–Kier alpha value is -1.79. The van der Waals surface area contributed by atoms with Crippen LogP contribution < -0.4 is 5.32 Å². The fourth-order valence-electron chi connectivity index (χ4n) is 1.75. The normalized spacial score (nSPS) is 11.4. The van der Waals surface area contributed by atoms with Gasteiger partial charge in [0.25, 0.3) is 5.91 Å². The zero-order chi connectivity index (χ0) is 16.5. The number of anilines is 1. The molecule has 1 amide bonds. The van der Waals surface area contributed by atoms with Gasteiger partial charge in [0.1, 0.15) is 5.69 Å². The lowest BCUT2D eigenvalue weighted by atomic mass is 10.1. The van der Waals surface area contributed by atoms with Gasteiger partial charge in [-0.3, -0.25) is 4.79 Å². The van der Waals surface area contributed by atoms with Crippen molar-refractivity contribution < 1.29 is 18.0 Å². The number of amides is 1. The first-order valence-electron chi connectivity index (χ1n) is 6.00. The van der Waals surface area contributed by atoms with E-state index in [9.17, 15) is 18.0 Å². The monoisotopic (exact) mass is 348 g/mol. The van der Waals surface area contributed by atoms with E-state index in [1.165, 1.54) is 13.0 Å². The molecule has 0 saturated carbocycles. The van der Waals surface area contributed by atoms with Gasteiger partial charge in [-0.1, -0.05) is 29.3 Å². The highest BCUT2D eigenvalue weighted by molar-refractivity contribution is 6.44. The van der Waals surface area contributed by atoms with E-state index in [0.29, 0.717) is 0 Å². The second kappa shape index (κ2) is 6.14. The van der Waals surface area contributed by atoms with Crippen LogP contribution in [0.5, 0.6) is 0 Å². The van der Waals surface area contributed by atoms with Crippen LogP contribution in [0.4, 0.5) is 18.9 Å². The Morgan fingerprint density at radius 3 is 2.45 bits per heavy atom. The minimum Gasteiger partial charge on any atom is -0.321 e. The van der Waals surface area contributed by atoms with E-state index in [4.69, 9.17) is 23.2 Å². The number of nitrogens with one attached hydrogen (secondary N) is 1. The molecule has 8 heteroatoms. The van der Waals surface area contributed by atoms with Gasteiger partial charge in [-0.25, -0.2) is 4.98 Å². The van der Waals surface area contributed by atoms with Crippen molar-refractivity contribution in [1.82, 2.24) is 4.98 Å². The number of nitrogens with zero attached hydrogens (tertiary/aromatic N) is 1. The third-order valence-corrected chi connectivity index (χ3v) is 3.64. The van der Waals surface area contributed by atoms with Crippen molar-refractivity contribution in [2.24, 2.45) is 0 Å². The number of benzene rings is 1. The molecule has 1 aromatic heterocycles. The van der Waals surface area contributed by atoms with Crippen molar-refractivity contribution in [1.29, 1.82) is 0 Å². The fourth-order valence-corrected chi connectivity index (χ4v) is 2.10. The van der Waals surface area contributed by atoms with Crippen molar-refractivity contribution in [3.63, 3.8) is 0 Å². The van der Waals surface area contributed by atoms with Gasteiger partial charge >= 0.3 is 6.18 Å². The van der Waals surface area contributed by atoms with E-state index in [-0.39, 0.29) is 27.0 Å². The molecule has 1 N–H and O–H groups in total. The highest BCUT2D eigenvalue weighted by atomic mass is 35.5. The van der Waals surface area contributed by atoms with Crippen molar-refractivity contribution >= 4 is 34.8 Å². The van der Waals surface area contributed by atoms with Crippen LogP contribution in [0.25, 0.3) is 0 Å². The van der Waals surface area contributed by atoms with Crippen molar-refractivity contribution in [2.75, 3.05) is 5.32 Å². The number of hydrogen-bond acceptors (Lipinski definition) is 2. The molecule has 0 atom stereocenters. The predicted octanol–water partition coefficient (Wildman–Crippen LogP) is 4.97. The number of alkyl halides is 3. The molecule has 116 valence electrons. The molecule has 1 heterocycles. The van der Waals surface area contributed by atoms with E-state index in [0.717, 1.165) is 12.1 Å². The second-order valence-corrected chi connectivity index (χ2v) is 5.17. The summed E-state index contributed by atoms with van der Waals surface area (Å²) in [5, 5.41) is 2.89. The largest absolute Gasteiger partial charge is 0.433 e. The third kappa shape index (κ3) is 3.51. The summed E-state index contributed by atoms with van der Waals surface area (Å²) in [5.41, 5.74) is -0.810. The van der Waals surface area contributed by atoms with Crippen molar-refractivity contribution in [3.8, 4) is 0 Å². The van der Waals surface area contributed by atoms with Crippen LogP contribution in [-0.4, -0.2) is 10.9 Å². The molecule has 0 radical (unpaired) electrons. The molecule has 1 aromatic carbocycles. The van der Waals surface area contributed by atoms with Crippen LogP contribution in [-0.2, 0) is 6.18 Å². The summed E-state index contributed by atoms with van der Waals surface area (Å²) in [4.78, 5) is 15.5. The zero-order valence-corrected chi connectivity index (χ0v) is 12.6. The number of halogens is 5. The molecule has 0 aliphatic carbocycles. The van der Waals surface area contributed by atoms with E-state index in [1.54, 1.807) is 12.1 Å². The Morgan fingerprint density at radius 1 is 1.18 bits per heavy atom. The van der Waals surface area contributed by atoms with Gasteiger partial charge in [0.2, 0.25) is 0 Å². The Balaban J connectivity index is 2.29. The van der Waals surface area contributed by atoms with E-state index in [2.05, 4.69) is 10.3 Å². The predicted molar refractivity (Wildman–Crippen MR) is 78.4 cm³/mol. The van der Waals surface area contributed by atoms with Gasteiger partial charge in [-0.05, 0) is 31.2 Å². The Bertz CT molecular complexity index is 733. The van der Waals surface area contributed by atoms with Crippen LogP contribution in [0, 0.1) is 6.92 Å². The summed E-state index contributed by atoms with van der Waals surface area (Å²) in [6.07, 6.45) is -4.56. The third-order valence-electron chi connectivity index (χ3n) is 2.82. The standard InChI is InChI=1S/C14H9Cl2F3N2O/c1-7-8(5-6-11(20-7)14(17,18)19)13(22)21-10-4-2-3-9(15)12(10)16/h2-6H,1H3,(H,21,22). The SMILES string of the molecule is Cc1nc(C(F)(F)F)ccc1C(=O)Nc1cccc(Cl)c1Cl. The minimum atomic E-state index is -4.56. The van der Waals surface area contributed by atoms with Crippen LogP contribution in [0.1, 0.15) is 21.7 Å². The maximum atomic E-state index is 12.5. The molecule has 0 spiro atoms. The van der Waals surface area contributed by atoms with Crippen molar-refractivity contribution in [3.05, 3.63) is 57.3 Å². The Morgan fingerprint density at radius 2 is 1.86 bits per heavy atom. The smallest absolute Gasteiger partial charge is 0.321 e. The van der Waals surface area contributed by atoms with Gasteiger partial charge < -0.3 is 5.32 Å². The van der Waals surface area contributed by atoms with E-state index >= 15 is 0 Å². The van der Waals surface area contributed by atoms with Crippen LogP contribution >= 0.6 is 23.2 Å². The lowest BCUT2D eigenvalue weighted by Crippen LogP contribution is -2.16. The summed E-state index contributed by atoms with van der Waals surface area (Å²) in [7, 11) is 0. The van der Waals surface area contributed by atoms with Gasteiger partial charge in [0, 0.05) is 0 Å². The van der Waals surface area contributed by atoms with E-state index in [1.807, 2.05) is 0 Å². The van der Waals surface area contributed by atoms with Gasteiger partial charge in [-0.15, -0.1) is 0 Å². The zero-order valence-electron chi connectivity index (χ0n) is 11.1. The second-order valence-electron chi connectivity index (χ2n) is 4.38. The summed E-state index contributed by atoms with van der Waals surface area (Å²) < 4.78 is 37.6. The summed E-state index contributed by atoms with van der Waals surface area (Å²) in [5.74, 6) is -0.622. The lowest BCUT2D eigenvalue weighted by Gasteiger charge is -2.11. The quantitative estimate of drug-likeness (QED) is 0.832. The molecule has 0 aliphatic rings. The summed E-state index contributed by atoms with van der Waals surface area (Å²) in [6, 6.07) is 6.48. The lowest BCUT2D eigenvalue weighted by molar-refractivity contribution is -0.141.